The lowest BCUT2D eigenvalue weighted by molar-refractivity contribution is 0.0962. The molecule has 2 rings (SSSR count). The molecule has 0 spiro atoms. The van der Waals surface area contributed by atoms with Crippen LogP contribution in [0, 0.1) is 5.92 Å². The summed E-state index contributed by atoms with van der Waals surface area (Å²) in [6.45, 7) is 5.51. The van der Waals surface area contributed by atoms with Gasteiger partial charge in [0.25, 0.3) is 0 Å². The van der Waals surface area contributed by atoms with E-state index in [-0.39, 0.29) is 0 Å². The van der Waals surface area contributed by atoms with Crippen LogP contribution in [0.2, 0.25) is 5.22 Å². The normalized spacial score (nSPS) is 19.5. The minimum atomic E-state index is 0.485. The van der Waals surface area contributed by atoms with E-state index in [9.17, 15) is 0 Å². The molecular weight excluding hydrogens is 174 g/mol. The summed E-state index contributed by atoms with van der Waals surface area (Å²) in [6, 6.07) is 3.73. The molecule has 0 atom stereocenters. The van der Waals surface area contributed by atoms with Gasteiger partial charge in [-0.2, -0.15) is 0 Å². The van der Waals surface area contributed by atoms with Crippen molar-refractivity contribution in [2.45, 2.75) is 13.5 Å². The SMILES string of the molecule is CC1CN(Cc2ccc(Cl)o2)C1. The lowest BCUT2D eigenvalue weighted by atomic mass is 10.0. The lowest BCUT2D eigenvalue weighted by Gasteiger charge is -2.36. The maximum atomic E-state index is 5.65. The highest BCUT2D eigenvalue weighted by Gasteiger charge is 2.22. The molecule has 0 saturated carbocycles. The molecule has 0 bridgehead atoms. The molecule has 2 heterocycles. The van der Waals surface area contributed by atoms with Crippen LogP contribution in [-0.2, 0) is 6.54 Å². The Labute approximate surface area is 77.1 Å². The minimum Gasteiger partial charge on any atom is -0.448 e. The molecule has 12 heavy (non-hydrogen) atoms. The molecule has 0 unspecified atom stereocenters. The number of furan rings is 1. The lowest BCUT2D eigenvalue weighted by Crippen LogP contribution is -2.44. The highest BCUT2D eigenvalue weighted by Crippen LogP contribution is 2.20. The van der Waals surface area contributed by atoms with Crippen LogP contribution in [0.3, 0.4) is 0 Å². The number of hydrogen-bond donors (Lipinski definition) is 0. The Kier molecular flexibility index (Phi) is 2.11. The third kappa shape index (κ3) is 1.65. The van der Waals surface area contributed by atoms with Gasteiger partial charge in [-0.25, -0.2) is 0 Å². The van der Waals surface area contributed by atoms with Crippen molar-refractivity contribution in [1.29, 1.82) is 0 Å². The van der Waals surface area contributed by atoms with Crippen LogP contribution in [0.25, 0.3) is 0 Å². The van der Waals surface area contributed by atoms with Crippen LogP contribution >= 0.6 is 11.6 Å². The smallest absolute Gasteiger partial charge is 0.193 e. The van der Waals surface area contributed by atoms with E-state index in [0.717, 1.165) is 18.2 Å². The first-order chi connectivity index (χ1) is 5.74. The highest BCUT2D eigenvalue weighted by molar-refractivity contribution is 6.28. The van der Waals surface area contributed by atoms with Gasteiger partial charge in [0.05, 0.1) is 6.54 Å². The summed E-state index contributed by atoms with van der Waals surface area (Å²) in [5.41, 5.74) is 0. The first-order valence-electron chi connectivity index (χ1n) is 4.20. The van der Waals surface area contributed by atoms with Crippen molar-refractivity contribution in [2.75, 3.05) is 13.1 Å². The second kappa shape index (κ2) is 3.11. The van der Waals surface area contributed by atoms with Gasteiger partial charge in [0.15, 0.2) is 5.22 Å². The average molecular weight is 186 g/mol. The summed E-state index contributed by atoms with van der Waals surface area (Å²) in [6.07, 6.45) is 0. The maximum absolute atomic E-state index is 5.65. The molecule has 1 saturated heterocycles. The van der Waals surface area contributed by atoms with Crippen molar-refractivity contribution in [3.8, 4) is 0 Å². The maximum Gasteiger partial charge on any atom is 0.193 e. The number of nitrogens with zero attached hydrogens (tertiary/aromatic N) is 1. The molecule has 1 aromatic heterocycles. The third-order valence-corrected chi connectivity index (χ3v) is 2.35. The first kappa shape index (κ1) is 8.14. The molecule has 0 N–H and O–H groups in total. The zero-order chi connectivity index (χ0) is 8.55. The van der Waals surface area contributed by atoms with Crippen LogP contribution in [0.1, 0.15) is 12.7 Å². The Bertz CT molecular complexity index is 265. The van der Waals surface area contributed by atoms with E-state index in [0.29, 0.717) is 5.22 Å². The van der Waals surface area contributed by atoms with Crippen LogP contribution in [0.5, 0.6) is 0 Å². The number of rotatable bonds is 2. The van der Waals surface area contributed by atoms with E-state index in [4.69, 9.17) is 16.0 Å². The predicted octanol–water partition coefficient (Wildman–Crippen LogP) is 2.38. The van der Waals surface area contributed by atoms with Crippen molar-refractivity contribution < 1.29 is 4.42 Å². The fourth-order valence-corrected chi connectivity index (χ4v) is 1.78. The molecule has 3 heteroatoms. The van der Waals surface area contributed by atoms with Crippen LogP contribution in [0.15, 0.2) is 16.5 Å². The van der Waals surface area contributed by atoms with E-state index in [1.54, 1.807) is 6.07 Å². The monoisotopic (exact) mass is 185 g/mol. The molecule has 1 aliphatic rings. The number of hydrogen-bond acceptors (Lipinski definition) is 2. The first-order valence-corrected chi connectivity index (χ1v) is 4.58. The Morgan fingerprint density at radius 2 is 2.33 bits per heavy atom. The predicted molar refractivity (Wildman–Crippen MR) is 48.2 cm³/mol. The highest BCUT2D eigenvalue weighted by atomic mass is 35.5. The quantitative estimate of drug-likeness (QED) is 0.704. The molecule has 0 aromatic carbocycles. The third-order valence-electron chi connectivity index (χ3n) is 2.15. The van der Waals surface area contributed by atoms with Gasteiger partial charge in [0.2, 0.25) is 0 Å². The summed E-state index contributed by atoms with van der Waals surface area (Å²) in [4.78, 5) is 2.35. The second-order valence-corrected chi connectivity index (χ2v) is 3.88. The minimum absolute atomic E-state index is 0.485. The molecule has 1 aliphatic heterocycles. The van der Waals surface area contributed by atoms with E-state index in [1.807, 2.05) is 6.07 Å². The Morgan fingerprint density at radius 1 is 1.58 bits per heavy atom. The molecule has 0 amide bonds. The van der Waals surface area contributed by atoms with Crippen LogP contribution < -0.4 is 0 Å². The van der Waals surface area contributed by atoms with Gasteiger partial charge < -0.3 is 4.42 Å². The largest absolute Gasteiger partial charge is 0.448 e. The van der Waals surface area contributed by atoms with E-state index >= 15 is 0 Å². The summed E-state index contributed by atoms with van der Waals surface area (Å²) in [7, 11) is 0. The van der Waals surface area contributed by atoms with Gasteiger partial charge in [0.1, 0.15) is 5.76 Å². The van der Waals surface area contributed by atoms with E-state index in [1.165, 1.54) is 13.1 Å². The Morgan fingerprint density at radius 3 is 2.83 bits per heavy atom. The van der Waals surface area contributed by atoms with Crippen molar-refractivity contribution in [2.24, 2.45) is 5.92 Å². The topological polar surface area (TPSA) is 16.4 Å². The summed E-state index contributed by atoms with van der Waals surface area (Å²) in [5.74, 6) is 1.81. The van der Waals surface area contributed by atoms with Gasteiger partial charge in [-0.15, -0.1) is 0 Å². The van der Waals surface area contributed by atoms with Gasteiger partial charge in [0, 0.05) is 13.1 Å². The Hall–Kier alpha value is -0.470. The standard InChI is InChI=1S/C9H12ClNO/c1-7-4-11(5-7)6-8-2-3-9(10)12-8/h2-3,7H,4-6H2,1H3. The van der Waals surface area contributed by atoms with Gasteiger partial charge >= 0.3 is 0 Å². The second-order valence-electron chi connectivity index (χ2n) is 3.51. The molecule has 66 valence electrons. The molecule has 2 nitrogen and oxygen atoms in total. The summed E-state index contributed by atoms with van der Waals surface area (Å²) in [5, 5.41) is 0.485. The van der Waals surface area contributed by atoms with Crippen LogP contribution in [-0.4, -0.2) is 18.0 Å². The fraction of sp³-hybridized carbons (Fsp3) is 0.556. The molecule has 1 fully saturated rings. The number of halogens is 1. The molecule has 0 aliphatic carbocycles. The van der Waals surface area contributed by atoms with Crippen molar-refractivity contribution >= 4 is 11.6 Å². The number of likely N-dealkylation sites (tertiary alicyclic amines) is 1. The van der Waals surface area contributed by atoms with E-state index < -0.39 is 0 Å². The summed E-state index contributed by atoms with van der Waals surface area (Å²) < 4.78 is 5.25. The van der Waals surface area contributed by atoms with Gasteiger partial charge in [-0.1, -0.05) is 6.92 Å². The summed E-state index contributed by atoms with van der Waals surface area (Å²) >= 11 is 5.65. The van der Waals surface area contributed by atoms with Gasteiger partial charge in [-0.3, -0.25) is 4.90 Å². The average Bonchev–Trinajstić information content (AvgIpc) is 2.33. The van der Waals surface area contributed by atoms with Crippen molar-refractivity contribution in [1.82, 2.24) is 4.90 Å². The van der Waals surface area contributed by atoms with Crippen molar-refractivity contribution in [3.63, 3.8) is 0 Å². The molecule has 1 aromatic rings. The zero-order valence-electron chi connectivity index (χ0n) is 7.09. The fourth-order valence-electron chi connectivity index (χ4n) is 1.61. The molecule has 0 radical (unpaired) electrons. The Balaban J connectivity index is 1.88. The van der Waals surface area contributed by atoms with Crippen molar-refractivity contribution in [3.05, 3.63) is 23.1 Å². The van der Waals surface area contributed by atoms with Crippen LogP contribution in [0.4, 0.5) is 0 Å². The van der Waals surface area contributed by atoms with Gasteiger partial charge in [-0.05, 0) is 29.7 Å². The molecular formula is C9H12ClNO. The van der Waals surface area contributed by atoms with E-state index in [2.05, 4.69) is 11.8 Å². The zero-order valence-corrected chi connectivity index (χ0v) is 7.84.